The molecule has 2 aliphatic rings. The summed E-state index contributed by atoms with van der Waals surface area (Å²) >= 11 is 0. The number of Topliss-reactive ketones (excluding diaryl/α,β-unsaturated/α-hetero) is 2. The van der Waals surface area contributed by atoms with Crippen LogP contribution < -0.4 is 14.8 Å². The third-order valence-electron chi connectivity index (χ3n) is 6.67. The van der Waals surface area contributed by atoms with Crippen molar-refractivity contribution in [2.75, 3.05) is 5.32 Å². The number of allylic oxidation sites excluding steroid dienone is 4. The molecule has 0 bridgehead atoms. The molecule has 0 amide bonds. The summed E-state index contributed by atoms with van der Waals surface area (Å²) in [7, 11) is 0. The predicted molar refractivity (Wildman–Crippen MR) is 136 cm³/mol. The SMILES string of the molecule is CC(=O)c1c(O)c(C)c(O)c2c1OC1=CC(=O)/C(=C(/C)Nc3cc(C(=O)O)ccc3OC(C)C)C(=O)[C@@]12C. The highest BCUT2D eigenvalue weighted by molar-refractivity contribution is 6.31. The zero-order chi connectivity index (χ0) is 28.3. The van der Waals surface area contributed by atoms with E-state index in [0.29, 0.717) is 5.75 Å². The molecule has 0 radical (unpaired) electrons. The highest BCUT2D eigenvalue weighted by Crippen LogP contribution is 2.57. The van der Waals surface area contributed by atoms with E-state index in [1.54, 1.807) is 13.8 Å². The van der Waals surface area contributed by atoms with Crippen LogP contribution in [-0.2, 0) is 15.0 Å². The maximum absolute atomic E-state index is 14.0. The number of phenolic OH excluding ortho intramolecular Hbond substituents is 2. The maximum atomic E-state index is 14.0. The first-order valence-electron chi connectivity index (χ1n) is 11.8. The average molecular weight is 522 g/mol. The first kappa shape index (κ1) is 26.5. The van der Waals surface area contributed by atoms with Crippen LogP contribution >= 0.6 is 0 Å². The Morgan fingerprint density at radius 2 is 1.76 bits per heavy atom. The number of hydrogen-bond donors (Lipinski definition) is 4. The molecule has 0 fully saturated rings. The van der Waals surface area contributed by atoms with Crippen LogP contribution in [0.25, 0.3) is 0 Å². The Hall–Kier alpha value is -4.60. The van der Waals surface area contributed by atoms with Gasteiger partial charge in [-0.05, 0) is 59.7 Å². The van der Waals surface area contributed by atoms with E-state index < -0.39 is 40.2 Å². The maximum Gasteiger partial charge on any atom is 0.335 e. The Labute approximate surface area is 218 Å². The van der Waals surface area contributed by atoms with Gasteiger partial charge in [-0.3, -0.25) is 14.4 Å². The van der Waals surface area contributed by atoms with E-state index >= 15 is 0 Å². The van der Waals surface area contributed by atoms with E-state index in [1.807, 2.05) is 0 Å². The molecule has 4 rings (SSSR count). The van der Waals surface area contributed by atoms with Gasteiger partial charge in [-0.25, -0.2) is 4.79 Å². The van der Waals surface area contributed by atoms with Gasteiger partial charge in [0, 0.05) is 17.3 Å². The molecular weight excluding hydrogens is 494 g/mol. The molecule has 38 heavy (non-hydrogen) atoms. The largest absolute Gasteiger partial charge is 0.507 e. The molecule has 0 saturated heterocycles. The van der Waals surface area contributed by atoms with Crippen molar-refractivity contribution < 1.29 is 44.0 Å². The minimum atomic E-state index is -1.67. The number of aromatic carboxylic acids is 1. The quantitative estimate of drug-likeness (QED) is 0.247. The lowest BCUT2D eigenvalue weighted by Gasteiger charge is -2.29. The van der Waals surface area contributed by atoms with Gasteiger partial charge in [0.15, 0.2) is 17.3 Å². The Bertz CT molecular complexity index is 1510. The highest BCUT2D eigenvalue weighted by Gasteiger charge is 2.56. The summed E-state index contributed by atoms with van der Waals surface area (Å²) in [6.07, 6.45) is 0.864. The van der Waals surface area contributed by atoms with Crippen molar-refractivity contribution >= 4 is 29.0 Å². The molecule has 2 aromatic carbocycles. The third-order valence-corrected chi connectivity index (χ3v) is 6.67. The first-order valence-corrected chi connectivity index (χ1v) is 11.8. The number of aromatic hydroxyl groups is 2. The third kappa shape index (κ3) is 3.89. The number of ketones is 3. The van der Waals surface area contributed by atoms with Gasteiger partial charge in [0.05, 0.1) is 28.5 Å². The van der Waals surface area contributed by atoms with Gasteiger partial charge < -0.3 is 30.1 Å². The molecule has 198 valence electrons. The summed E-state index contributed by atoms with van der Waals surface area (Å²) in [4.78, 5) is 51.0. The zero-order valence-corrected chi connectivity index (χ0v) is 21.7. The van der Waals surface area contributed by atoms with Gasteiger partial charge in [-0.1, -0.05) is 0 Å². The number of phenols is 2. The summed E-state index contributed by atoms with van der Waals surface area (Å²) in [5.41, 5.74) is -1.85. The average Bonchev–Trinajstić information content (AvgIpc) is 3.11. The van der Waals surface area contributed by atoms with Crippen molar-refractivity contribution in [3.05, 3.63) is 63.6 Å². The number of nitrogens with one attached hydrogen (secondary N) is 1. The molecule has 10 heteroatoms. The molecule has 0 spiro atoms. The zero-order valence-electron chi connectivity index (χ0n) is 21.7. The number of benzene rings is 2. The number of ether oxygens (including phenoxy) is 2. The number of hydrogen-bond acceptors (Lipinski definition) is 9. The molecule has 1 atom stereocenters. The summed E-state index contributed by atoms with van der Waals surface area (Å²) in [6.45, 7) is 9.14. The lowest BCUT2D eigenvalue weighted by Crippen LogP contribution is -2.40. The Kier molecular flexibility index (Phi) is 6.30. The molecule has 0 aromatic heterocycles. The molecule has 1 aliphatic heterocycles. The predicted octanol–water partition coefficient (Wildman–Crippen LogP) is 4.17. The Morgan fingerprint density at radius 3 is 2.34 bits per heavy atom. The van der Waals surface area contributed by atoms with Crippen LogP contribution in [0, 0.1) is 6.92 Å². The fourth-order valence-electron chi connectivity index (χ4n) is 4.74. The van der Waals surface area contributed by atoms with Crippen molar-refractivity contribution in [1.82, 2.24) is 0 Å². The van der Waals surface area contributed by atoms with Gasteiger partial charge in [0.1, 0.15) is 39.7 Å². The second-order valence-corrected chi connectivity index (χ2v) is 9.69. The van der Waals surface area contributed by atoms with E-state index in [0.717, 1.165) is 6.08 Å². The Balaban J connectivity index is 1.89. The molecule has 1 aliphatic carbocycles. The number of rotatable bonds is 6. The normalized spacial score (nSPS) is 19.4. The van der Waals surface area contributed by atoms with Gasteiger partial charge >= 0.3 is 5.97 Å². The van der Waals surface area contributed by atoms with Crippen LogP contribution in [-0.4, -0.2) is 44.7 Å². The highest BCUT2D eigenvalue weighted by atomic mass is 16.5. The molecular formula is C28H27NO9. The van der Waals surface area contributed by atoms with E-state index in [1.165, 1.54) is 45.9 Å². The van der Waals surface area contributed by atoms with E-state index in [2.05, 4.69) is 5.32 Å². The standard InChI is InChI=1S/C28H27NO9/c1-11(2)37-18-8-7-15(27(35)36)9-16(18)29-13(4)20-17(31)10-19-28(6,26(20)34)22-24(33)12(3)23(32)21(14(5)30)25(22)38-19/h7-11,29,32-33H,1-6H3,(H,35,36)/b20-13+/t28-/m0/s1. The molecule has 10 nitrogen and oxygen atoms in total. The topological polar surface area (TPSA) is 159 Å². The summed E-state index contributed by atoms with van der Waals surface area (Å²) in [6, 6.07) is 4.18. The fraction of sp³-hybridized carbons (Fsp3) is 0.286. The number of carboxylic acid groups (broad SMARTS) is 1. The monoisotopic (exact) mass is 521 g/mol. The van der Waals surface area contributed by atoms with Crippen molar-refractivity contribution in [2.45, 2.75) is 53.1 Å². The first-order chi connectivity index (χ1) is 17.7. The fourth-order valence-corrected chi connectivity index (χ4v) is 4.74. The number of fused-ring (bicyclic) bond motifs is 3. The second kappa shape index (κ2) is 9.05. The van der Waals surface area contributed by atoms with E-state index in [9.17, 15) is 34.5 Å². The van der Waals surface area contributed by atoms with Gasteiger partial charge in [-0.15, -0.1) is 0 Å². The van der Waals surface area contributed by atoms with Gasteiger partial charge in [0.2, 0.25) is 0 Å². The Morgan fingerprint density at radius 1 is 1.11 bits per heavy atom. The van der Waals surface area contributed by atoms with Crippen molar-refractivity contribution in [1.29, 1.82) is 0 Å². The lowest BCUT2D eigenvalue weighted by atomic mass is 9.70. The lowest BCUT2D eigenvalue weighted by molar-refractivity contribution is -0.123. The molecule has 0 saturated carbocycles. The van der Waals surface area contributed by atoms with Gasteiger partial charge in [0.25, 0.3) is 0 Å². The van der Waals surface area contributed by atoms with E-state index in [-0.39, 0.29) is 56.8 Å². The summed E-state index contributed by atoms with van der Waals surface area (Å²) < 4.78 is 11.5. The van der Waals surface area contributed by atoms with Gasteiger partial charge in [-0.2, -0.15) is 0 Å². The molecule has 1 heterocycles. The molecule has 2 aromatic rings. The van der Waals surface area contributed by atoms with Crippen molar-refractivity contribution in [3.63, 3.8) is 0 Å². The minimum Gasteiger partial charge on any atom is -0.507 e. The van der Waals surface area contributed by atoms with Crippen LogP contribution in [0.3, 0.4) is 0 Å². The minimum absolute atomic E-state index is 0.00827. The van der Waals surface area contributed by atoms with Crippen molar-refractivity contribution in [3.8, 4) is 23.0 Å². The van der Waals surface area contributed by atoms with Crippen LogP contribution in [0.4, 0.5) is 5.69 Å². The smallest absolute Gasteiger partial charge is 0.335 e. The van der Waals surface area contributed by atoms with Crippen molar-refractivity contribution in [2.24, 2.45) is 0 Å². The van der Waals surface area contributed by atoms with Crippen LogP contribution in [0.15, 0.2) is 41.3 Å². The van der Waals surface area contributed by atoms with E-state index in [4.69, 9.17) is 9.47 Å². The number of carbonyl (C=O) groups excluding carboxylic acids is 3. The van der Waals surface area contributed by atoms with Crippen LogP contribution in [0.2, 0.25) is 0 Å². The van der Waals surface area contributed by atoms with Crippen LogP contribution in [0.1, 0.15) is 66.5 Å². The molecule has 0 unspecified atom stereocenters. The molecule has 4 N–H and O–H groups in total. The summed E-state index contributed by atoms with van der Waals surface area (Å²) in [5, 5.41) is 33.8. The van der Waals surface area contributed by atoms with Crippen LogP contribution in [0.5, 0.6) is 23.0 Å². The summed E-state index contributed by atoms with van der Waals surface area (Å²) in [5.74, 6) is -3.97. The number of anilines is 1. The number of carboxylic acids is 1. The number of carbonyl (C=O) groups is 4. The second-order valence-electron chi connectivity index (χ2n) is 9.69.